The van der Waals surface area contributed by atoms with Crippen molar-refractivity contribution in [2.75, 3.05) is 19.7 Å². The van der Waals surface area contributed by atoms with Crippen molar-refractivity contribution >= 4 is 5.84 Å². The van der Waals surface area contributed by atoms with E-state index in [1.807, 2.05) is 12.5 Å². The van der Waals surface area contributed by atoms with Gasteiger partial charge in [-0.3, -0.25) is 4.99 Å². The van der Waals surface area contributed by atoms with Crippen LogP contribution in [-0.4, -0.2) is 31.6 Å². The molecule has 0 aromatic carbocycles. The molecule has 4 aliphatic carbocycles. The molecular formula is C28H42N2O2. The van der Waals surface area contributed by atoms with Gasteiger partial charge in [-0.2, -0.15) is 0 Å². The summed E-state index contributed by atoms with van der Waals surface area (Å²) in [5.41, 5.74) is 2.48. The molecule has 4 fully saturated rings. The topological polar surface area (TPSA) is 46.8 Å². The van der Waals surface area contributed by atoms with Gasteiger partial charge in [0, 0.05) is 13.0 Å². The van der Waals surface area contributed by atoms with Crippen LogP contribution in [0.5, 0.6) is 0 Å². The van der Waals surface area contributed by atoms with Crippen LogP contribution in [0.1, 0.15) is 89.5 Å². The molecule has 32 heavy (non-hydrogen) atoms. The Morgan fingerprint density at radius 2 is 1.94 bits per heavy atom. The zero-order valence-corrected chi connectivity index (χ0v) is 20.2. The molecule has 4 saturated carbocycles. The highest BCUT2D eigenvalue weighted by Crippen LogP contribution is 2.69. The highest BCUT2D eigenvalue weighted by molar-refractivity contribution is 5.83. The molecule has 176 valence electrons. The van der Waals surface area contributed by atoms with Crippen molar-refractivity contribution < 1.29 is 9.15 Å². The van der Waals surface area contributed by atoms with Crippen molar-refractivity contribution in [3.63, 3.8) is 0 Å². The molecule has 6 rings (SSSR count). The third-order valence-corrected chi connectivity index (χ3v) is 11.0. The quantitative estimate of drug-likeness (QED) is 0.597. The summed E-state index contributed by atoms with van der Waals surface area (Å²) >= 11 is 0. The molecule has 1 aromatic rings. The van der Waals surface area contributed by atoms with Gasteiger partial charge in [-0.05, 0) is 110 Å². The number of aliphatic imine (C=N–C) groups is 1. The maximum absolute atomic E-state index is 6.39. The Bertz CT molecular complexity index is 834. The zero-order chi connectivity index (χ0) is 21.8. The zero-order valence-electron chi connectivity index (χ0n) is 20.2. The van der Waals surface area contributed by atoms with Gasteiger partial charge in [-0.15, -0.1) is 0 Å². The van der Waals surface area contributed by atoms with Crippen molar-refractivity contribution in [2.24, 2.45) is 39.5 Å². The molecule has 2 heterocycles. The first-order valence-electron chi connectivity index (χ1n) is 13.5. The summed E-state index contributed by atoms with van der Waals surface area (Å²) in [4.78, 5) is 4.51. The lowest BCUT2D eigenvalue weighted by molar-refractivity contribution is -0.131. The van der Waals surface area contributed by atoms with E-state index in [1.54, 1.807) is 0 Å². The molecule has 4 nitrogen and oxygen atoms in total. The minimum Gasteiger partial charge on any atom is -0.472 e. The van der Waals surface area contributed by atoms with E-state index in [1.165, 1.54) is 63.4 Å². The van der Waals surface area contributed by atoms with Gasteiger partial charge in [0.05, 0.1) is 37.6 Å². The van der Waals surface area contributed by atoms with E-state index in [0.717, 1.165) is 55.6 Å². The van der Waals surface area contributed by atoms with Crippen molar-refractivity contribution in [3.8, 4) is 0 Å². The molecule has 4 heteroatoms. The monoisotopic (exact) mass is 438 g/mol. The first-order chi connectivity index (χ1) is 15.6. The average Bonchev–Trinajstić information content (AvgIpc) is 3.54. The maximum Gasteiger partial charge on any atom is 0.0987 e. The van der Waals surface area contributed by atoms with Gasteiger partial charge in [-0.25, -0.2) is 0 Å². The molecule has 5 aliphatic rings. The van der Waals surface area contributed by atoms with E-state index in [-0.39, 0.29) is 0 Å². The minimum atomic E-state index is 0.470. The highest BCUT2D eigenvalue weighted by Gasteiger charge is 2.60. The van der Waals surface area contributed by atoms with Crippen LogP contribution in [0.2, 0.25) is 0 Å². The molecule has 0 bridgehead atoms. The normalized spacial score (nSPS) is 45.5. The van der Waals surface area contributed by atoms with Crippen LogP contribution in [0, 0.1) is 34.5 Å². The standard InChI is InChI=1S/C28H42N2O2/c1-27-11-7-21(32-16-10-26-29-13-14-30-26)17-20(27)3-4-22-24-6-5-23(19-9-15-31-18-19)28(24,2)12-8-25(22)27/h9,15,18,20-25H,3-8,10-14,16-17H2,1-2H3,(H,29,30)/t20-,21+,22+,23-,24+,25+,27+,28-/m1/s1. The molecule has 0 amide bonds. The largest absolute Gasteiger partial charge is 0.472 e. The lowest BCUT2D eigenvalue weighted by Crippen LogP contribution is -2.53. The van der Waals surface area contributed by atoms with E-state index in [9.17, 15) is 0 Å². The van der Waals surface area contributed by atoms with Crippen LogP contribution in [0.3, 0.4) is 0 Å². The molecule has 0 spiro atoms. The molecule has 8 atom stereocenters. The fourth-order valence-electron chi connectivity index (χ4n) is 9.33. The van der Waals surface area contributed by atoms with Crippen LogP contribution in [0.4, 0.5) is 0 Å². The summed E-state index contributed by atoms with van der Waals surface area (Å²) in [6.45, 7) is 8.07. The first-order valence-corrected chi connectivity index (χ1v) is 13.5. The fourth-order valence-corrected chi connectivity index (χ4v) is 9.33. The number of nitrogens with one attached hydrogen (secondary N) is 1. The Morgan fingerprint density at radius 3 is 2.75 bits per heavy atom. The SMILES string of the molecule is C[C@]12CC[C@H](OCCC3=NCCN3)C[C@H]1CC[C@@H]1[C@@H]2CC[C@]2(C)[C@@H](c3ccoc3)CC[C@@H]12. The number of furan rings is 1. The Hall–Kier alpha value is -1.29. The van der Waals surface area contributed by atoms with Gasteiger partial charge in [-0.1, -0.05) is 13.8 Å². The van der Waals surface area contributed by atoms with Gasteiger partial charge in [0.25, 0.3) is 0 Å². The van der Waals surface area contributed by atoms with Crippen LogP contribution in [0.25, 0.3) is 0 Å². The number of nitrogens with zero attached hydrogens (tertiary/aromatic N) is 1. The maximum atomic E-state index is 6.39. The van der Waals surface area contributed by atoms with E-state index >= 15 is 0 Å². The Balaban J connectivity index is 1.11. The molecule has 1 N–H and O–H groups in total. The van der Waals surface area contributed by atoms with Gasteiger partial charge in [0.1, 0.15) is 0 Å². The van der Waals surface area contributed by atoms with Crippen LogP contribution >= 0.6 is 0 Å². The van der Waals surface area contributed by atoms with Gasteiger partial charge in [0.15, 0.2) is 0 Å². The number of ether oxygens (including phenoxy) is 1. The van der Waals surface area contributed by atoms with Crippen LogP contribution in [0.15, 0.2) is 28.0 Å². The van der Waals surface area contributed by atoms with E-state index in [4.69, 9.17) is 9.15 Å². The second-order valence-corrected chi connectivity index (χ2v) is 12.2. The first kappa shape index (κ1) is 21.3. The lowest BCUT2D eigenvalue weighted by atomic mass is 9.44. The smallest absolute Gasteiger partial charge is 0.0987 e. The van der Waals surface area contributed by atoms with Crippen molar-refractivity contribution in [1.82, 2.24) is 5.32 Å². The number of amidine groups is 1. The van der Waals surface area contributed by atoms with E-state index in [2.05, 4.69) is 30.2 Å². The van der Waals surface area contributed by atoms with Crippen LogP contribution < -0.4 is 5.32 Å². The van der Waals surface area contributed by atoms with Crippen LogP contribution in [-0.2, 0) is 4.74 Å². The Labute approximate surface area is 194 Å². The minimum absolute atomic E-state index is 0.470. The summed E-state index contributed by atoms with van der Waals surface area (Å²) in [5, 5.41) is 3.37. The molecule has 1 aromatic heterocycles. The molecule has 1 aliphatic heterocycles. The molecule has 0 radical (unpaired) electrons. The molecule has 0 saturated heterocycles. The summed E-state index contributed by atoms with van der Waals surface area (Å²) < 4.78 is 11.9. The molecular weight excluding hydrogens is 396 g/mol. The number of fused-ring (bicyclic) bond motifs is 5. The fraction of sp³-hybridized carbons (Fsp3) is 0.821. The summed E-state index contributed by atoms with van der Waals surface area (Å²) in [6, 6.07) is 2.24. The number of hydrogen-bond donors (Lipinski definition) is 1. The van der Waals surface area contributed by atoms with E-state index in [0.29, 0.717) is 22.9 Å². The third-order valence-electron chi connectivity index (χ3n) is 11.0. The average molecular weight is 439 g/mol. The third kappa shape index (κ3) is 3.38. The molecule has 0 unspecified atom stereocenters. The van der Waals surface area contributed by atoms with Gasteiger partial charge < -0.3 is 14.5 Å². The highest BCUT2D eigenvalue weighted by atomic mass is 16.5. The van der Waals surface area contributed by atoms with E-state index < -0.39 is 0 Å². The van der Waals surface area contributed by atoms with Gasteiger partial charge >= 0.3 is 0 Å². The summed E-state index contributed by atoms with van der Waals surface area (Å²) in [5.74, 6) is 5.51. The number of hydrogen-bond acceptors (Lipinski definition) is 4. The summed E-state index contributed by atoms with van der Waals surface area (Å²) in [7, 11) is 0. The second-order valence-electron chi connectivity index (χ2n) is 12.2. The van der Waals surface area contributed by atoms with Crippen molar-refractivity contribution in [1.29, 1.82) is 0 Å². The predicted octanol–water partition coefficient (Wildman–Crippen LogP) is 6.18. The predicted molar refractivity (Wildman–Crippen MR) is 128 cm³/mol. The Kier molecular flexibility index (Phi) is 5.43. The number of rotatable bonds is 5. The second kappa shape index (κ2) is 8.18. The summed E-state index contributed by atoms with van der Waals surface area (Å²) in [6.07, 6.45) is 17.8. The van der Waals surface area contributed by atoms with Crippen molar-refractivity contribution in [2.45, 2.75) is 90.1 Å². The van der Waals surface area contributed by atoms with Gasteiger partial charge in [0.2, 0.25) is 0 Å². The van der Waals surface area contributed by atoms with Crippen molar-refractivity contribution in [3.05, 3.63) is 24.2 Å². The Morgan fingerprint density at radius 1 is 1.06 bits per heavy atom. The lowest BCUT2D eigenvalue weighted by Gasteiger charge is -2.61.